The molecule has 1 atom stereocenters. The highest BCUT2D eigenvalue weighted by molar-refractivity contribution is 6.31. The van der Waals surface area contributed by atoms with Crippen LogP contribution >= 0.6 is 11.6 Å². The second-order valence-corrected chi connectivity index (χ2v) is 8.97. The van der Waals surface area contributed by atoms with Crippen molar-refractivity contribution in [2.24, 2.45) is 5.41 Å². The van der Waals surface area contributed by atoms with E-state index in [2.05, 4.69) is 10.3 Å². The van der Waals surface area contributed by atoms with Gasteiger partial charge in [-0.1, -0.05) is 30.7 Å². The van der Waals surface area contributed by atoms with Crippen LogP contribution in [-0.4, -0.2) is 35.2 Å². The molecule has 1 heterocycles. The summed E-state index contributed by atoms with van der Waals surface area (Å²) in [5.41, 5.74) is -0.301. The van der Waals surface area contributed by atoms with E-state index in [0.717, 1.165) is 5.39 Å². The molecule has 0 saturated carbocycles. The number of hydrogen-bond donors (Lipinski definition) is 2. The SMILES string of the molecule is CC(CCCO)(CCOC(=O)Nc1cc2cc(F)ccc2cn1)C(=O)CCc1cccc(F)c1Cl. The fourth-order valence-corrected chi connectivity index (χ4v) is 4.07. The molecule has 3 rings (SSSR count). The lowest BCUT2D eigenvalue weighted by Gasteiger charge is -2.28. The van der Waals surface area contributed by atoms with Crippen molar-refractivity contribution in [2.75, 3.05) is 18.5 Å². The van der Waals surface area contributed by atoms with Crippen LogP contribution in [-0.2, 0) is 16.0 Å². The molecular formula is C26H27ClF2N2O4. The first-order chi connectivity index (χ1) is 16.7. The van der Waals surface area contributed by atoms with E-state index in [1.807, 2.05) is 0 Å². The lowest BCUT2D eigenvalue weighted by molar-refractivity contribution is -0.129. The number of amides is 1. The molecular weight excluding hydrogens is 478 g/mol. The Morgan fingerprint density at radius 2 is 1.94 bits per heavy atom. The molecule has 0 bridgehead atoms. The summed E-state index contributed by atoms with van der Waals surface area (Å²) in [7, 11) is 0. The predicted octanol–water partition coefficient (Wildman–Crippen LogP) is 6.09. The van der Waals surface area contributed by atoms with E-state index in [9.17, 15) is 23.5 Å². The number of pyridine rings is 1. The lowest BCUT2D eigenvalue weighted by Crippen LogP contribution is -2.31. The van der Waals surface area contributed by atoms with Gasteiger partial charge in [-0.15, -0.1) is 0 Å². The molecule has 9 heteroatoms. The van der Waals surface area contributed by atoms with Crippen molar-refractivity contribution in [1.82, 2.24) is 4.98 Å². The van der Waals surface area contributed by atoms with Gasteiger partial charge in [-0.05, 0) is 67.0 Å². The Morgan fingerprint density at radius 1 is 1.14 bits per heavy atom. The highest BCUT2D eigenvalue weighted by Gasteiger charge is 2.32. The topological polar surface area (TPSA) is 88.5 Å². The van der Waals surface area contributed by atoms with Gasteiger partial charge < -0.3 is 9.84 Å². The molecule has 0 spiro atoms. The molecule has 2 aromatic carbocycles. The van der Waals surface area contributed by atoms with Crippen LogP contribution < -0.4 is 5.32 Å². The van der Waals surface area contributed by atoms with Crippen molar-refractivity contribution in [3.8, 4) is 0 Å². The van der Waals surface area contributed by atoms with Crippen molar-refractivity contribution in [1.29, 1.82) is 0 Å². The third-order valence-corrected chi connectivity index (χ3v) is 6.44. The minimum absolute atomic E-state index is 0.00223. The van der Waals surface area contributed by atoms with E-state index < -0.39 is 23.1 Å². The van der Waals surface area contributed by atoms with Crippen molar-refractivity contribution >= 4 is 40.1 Å². The standard InChI is InChI=1S/C26H27ClF2N2O4/c1-26(10-3-12-32,22(33)9-7-17-4-2-5-21(29)24(17)27)11-13-35-25(34)31-23-15-19-14-20(28)8-6-18(19)16-30-23/h2,4-6,8,14-16,32H,3,7,9-13H2,1H3,(H,30,31,34). The molecule has 0 fully saturated rings. The van der Waals surface area contributed by atoms with Gasteiger partial charge >= 0.3 is 6.09 Å². The first kappa shape index (κ1) is 26.5. The summed E-state index contributed by atoms with van der Waals surface area (Å²) >= 11 is 5.99. The summed E-state index contributed by atoms with van der Waals surface area (Å²) in [6.07, 6.45) is 2.23. The van der Waals surface area contributed by atoms with E-state index in [1.165, 1.54) is 30.5 Å². The number of rotatable bonds is 11. The van der Waals surface area contributed by atoms with Gasteiger partial charge in [-0.25, -0.2) is 18.6 Å². The number of fused-ring (bicyclic) bond motifs is 1. The number of anilines is 1. The molecule has 1 aromatic heterocycles. The smallest absolute Gasteiger partial charge is 0.412 e. The van der Waals surface area contributed by atoms with E-state index >= 15 is 0 Å². The van der Waals surface area contributed by atoms with E-state index in [-0.39, 0.29) is 49.1 Å². The maximum atomic E-state index is 13.7. The number of aliphatic hydroxyl groups is 1. The third kappa shape index (κ3) is 7.19. The van der Waals surface area contributed by atoms with Gasteiger partial charge in [0, 0.05) is 30.0 Å². The summed E-state index contributed by atoms with van der Waals surface area (Å²) in [5, 5.41) is 13.1. The van der Waals surface area contributed by atoms with Gasteiger partial charge in [0.25, 0.3) is 0 Å². The zero-order valence-electron chi connectivity index (χ0n) is 19.3. The first-order valence-corrected chi connectivity index (χ1v) is 11.7. The Balaban J connectivity index is 1.56. The van der Waals surface area contributed by atoms with Crippen molar-refractivity contribution < 1.29 is 28.2 Å². The summed E-state index contributed by atoms with van der Waals surface area (Å²) in [5.74, 6) is -0.818. The van der Waals surface area contributed by atoms with Crippen LogP contribution in [0, 0.1) is 17.0 Å². The number of ketones is 1. The molecule has 0 aliphatic carbocycles. The van der Waals surface area contributed by atoms with Crippen LogP contribution in [0.4, 0.5) is 19.4 Å². The molecule has 35 heavy (non-hydrogen) atoms. The number of nitrogens with one attached hydrogen (secondary N) is 1. The monoisotopic (exact) mass is 504 g/mol. The molecule has 6 nitrogen and oxygen atoms in total. The molecule has 0 saturated heterocycles. The predicted molar refractivity (Wildman–Crippen MR) is 130 cm³/mol. The number of benzene rings is 2. The fraction of sp³-hybridized carbons (Fsp3) is 0.346. The van der Waals surface area contributed by atoms with E-state index in [0.29, 0.717) is 23.8 Å². The average Bonchev–Trinajstić information content (AvgIpc) is 2.83. The zero-order chi connectivity index (χ0) is 25.4. The Morgan fingerprint density at radius 3 is 2.71 bits per heavy atom. The second-order valence-electron chi connectivity index (χ2n) is 8.60. The molecule has 0 radical (unpaired) electrons. The van der Waals surface area contributed by atoms with Crippen LogP contribution in [0.5, 0.6) is 0 Å². The van der Waals surface area contributed by atoms with Gasteiger partial charge in [-0.3, -0.25) is 10.1 Å². The van der Waals surface area contributed by atoms with Crippen LogP contribution in [0.3, 0.4) is 0 Å². The fourth-order valence-electron chi connectivity index (χ4n) is 3.85. The van der Waals surface area contributed by atoms with Crippen molar-refractivity contribution in [3.63, 3.8) is 0 Å². The Labute approximate surface area is 207 Å². The number of ether oxygens (including phenoxy) is 1. The quantitative estimate of drug-likeness (QED) is 0.330. The number of carbonyl (C=O) groups is 2. The third-order valence-electron chi connectivity index (χ3n) is 6.01. The molecule has 1 amide bonds. The number of carbonyl (C=O) groups excluding carboxylic acids is 2. The van der Waals surface area contributed by atoms with Crippen LogP contribution in [0.15, 0.2) is 48.7 Å². The normalized spacial score (nSPS) is 12.8. The minimum Gasteiger partial charge on any atom is -0.449 e. The first-order valence-electron chi connectivity index (χ1n) is 11.3. The largest absolute Gasteiger partial charge is 0.449 e. The van der Waals surface area contributed by atoms with Crippen molar-refractivity contribution in [3.05, 3.63) is 70.9 Å². The van der Waals surface area contributed by atoms with E-state index in [1.54, 1.807) is 25.1 Å². The number of Topliss-reactive ketones (excluding diaryl/α,β-unsaturated/α-hetero) is 1. The van der Waals surface area contributed by atoms with Gasteiger partial charge in [0.05, 0.1) is 11.6 Å². The second kappa shape index (κ2) is 12.0. The molecule has 0 aliphatic rings. The summed E-state index contributed by atoms with van der Waals surface area (Å²) in [6.45, 7) is 1.65. The number of nitrogens with zero attached hydrogens (tertiary/aromatic N) is 1. The highest BCUT2D eigenvalue weighted by atomic mass is 35.5. The van der Waals surface area contributed by atoms with Crippen LogP contribution in [0.25, 0.3) is 10.8 Å². The number of hydrogen-bond acceptors (Lipinski definition) is 5. The Bertz CT molecular complexity index is 1210. The number of aromatic nitrogens is 1. The average molecular weight is 505 g/mol. The minimum atomic E-state index is -0.846. The van der Waals surface area contributed by atoms with Crippen LogP contribution in [0.2, 0.25) is 5.02 Å². The molecule has 186 valence electrons. The molecule has 0 aliphatic heterocycles. The lowest BCUT2D eigenvalue weighted by atomic mass is 9.76. The maximum absolute atomic E-state index is 13.7. The molecule has 2 N–H and O–H groups in total. The summed E-state index contributed by atoms with van der Waals surface area (Å²) < 4.78 is 32.4. The van der Waals surface area contributed by atoms with Gasteiger partial charge in [0.1, 0.15) is 23.2 Å². The van der Waals surface area contributed by atoms with Gasteiger partial charge in [0.15, 0.2) is 0 Å². The van der Waals surface area contributed by atoms with Gasteiger partial charge in [0.2, 0.25) is 0 Å². The molecule has 3 aromatic rings. The zero-order valence-corrected chi connectivity index (χ0v) is 20.1. The van der Waals surface area contributed by atoms with Crippen molar-refractivity contribution in [2.45, 2.75) is 39.0 Å². The summed E-state index contributed by atoms with van der Waals surface area (Å²) in [6, 6.07) is 10.3. The number of aliphatic hydroxyl groups excluding tert-OH is 1. The highest BCUT2D eigenvalue weighted by Crippen LogP contribution is 2.32. The Hall–Kier alpha value is -3.10. The van der Waals surface area contributed by atoms with E-state index in [4.69, 9.17) is 16.3 Å². The maximum Gasteiger partial charge on any atom is 0.412 e. The van der Waals surface area contributed by atoms with Crippen LogP contribution in [0.1, 0.15) is 38.2 Å². The Kier molecular flexibility index (Phi) is 9.12. The molecule has 1 unspecified atom stereocenters. The van der Waals surface area contributed by atoms with Gasteiger partial charge in [-0.2, -0.15) is 0 Å². The number of halogens is 3. The summed E-state index contributed by atoms with van der Waals surface area (Å²) in [4.78, 5) is 29.4. The number of aryl methyl sites for hydroxylation is 1.